The third kappa shape index (κ3) is 1.88. The first kappa shape index (κ1) is 9.93. The standard InChI is InChI=1S/C11H16IN3/c1-14-7-9(12)4-5-15-11(14)6-10(13-15)8-2-3-8/h6,8-9H,2-5,7H2,1H3. The van der Waals surface area contributed by atoms with Crippen molar-refractivity contribution in [3.8, 4) is 0 Å². The van der Waals surface area contributed by atoms with Crippen LogP contribution in [0.3, 0.4) is 0 Å². The summed E-state index contributed by atoms with van der Waals surface area (Å²) in [7, 11) is 2.18. The Kier molecular flexibility index (Phi) is 2.41. The van der Waals surface area contributed by atoms with Crippen molar-refractivity contribution >= 4 is 28.4 Å². The number of hydrogen-bond acceptors (Lipinski definition) is 2. The maximum Gasteiger partial charge on any atom is 0.126 e. The summed E-state index contributed by atoms with van der Waals surface area (Å²) in [5.41, 5.74) is 1.32. The predicted molar refractivity (Wildman–Crippen MR) is 69.9 cm³/mol. The molecule has 1 aliphatic carbocycles. The van der Waals surface area contributed by atoms with Crippen LogP contribution < -0.4 is 4.90 Å². The highest BCUT2D eigenvalue weighted by atomic mass is 127. The average molecular weight is 317 g/mol. The summed E-state index contributed by atoms with van der Waals surface area (Å²) in [6.45, 7) is 2.23. The first-order chi connectivity index (χ1) is 7.24. The number of aryl methyl sites for hydroxylation is 1. The maximum absolute atomic E-state index is 4.73. The maximum atomic E-state index is 4.73. The highest BCUT2D eigenvalue weighted by Gasteiger charge is 2.29. The lowest BCUT2D eigenvalue weighted by Gasteiger charge is -2.17. The molecule has 0 spiro atoms. The molecule has 0 bridgehead atoms. The molecular weight excluding hydrogens is 301 g/mol. The zero-order valence-corrected chi connectivity index (χ0v) is 11.1. The van der Waals surface area contributed by atoms with Gasteiger partial charge in [0, 0.05) is 36.0 Å². The molecule has 0 amide bonds. The molecule has 0 radical (unpaired) electrons. The second-order valence-electron chi connectivity index (χ2n) is 4.69. The number of anilines is 1. The third-order valence-corrected chi connectivity index (χ3v) is 4.31. The van der Waals surface area contributed by atoms with Gasteiger partial charge in [0.1, 0.15) is 5.82 Å². The zero-order valence-electron chi connectivity index (χ0n) is 8.99. The zero-order chi connectivity index (χ0) is 10.4. The van der Waals surface area contributed by atoms with Crippen LogP contribution in [0.25, 0.3) is 0 Å². The summed E-state index contributed by atoms with van der Waals surface area (Å²) in [5.74, 6) is 2.09. The first-order valence-corrected chi connectivity index (χ1v) is 6.91. The van der Waals surface area contributed by atoms with Crippen molar-refractivity contribution in [3.63, 3.8) is 0 Å². The normalized spacial score (nSPS) is 26.3. The van der Waals surface area contributed by atoms with Crippen molar-refractivity contribution < 1.29 is 0 Å². The van der Waals surface area contributed by atoms with E-state index in [1.807, 2.05) is 0 Å². The van der Waals surface area contributed by atoms with Gasteiger partial charge in [0.15, 0.2) is 0 Å². The fraction of sp³-hybridized carbons (Fsp3) is 0.727. The van der Waals surface area contributed by atoms with Crippen molar-refractivity contribution in [2.24, 2.45) is 0 Å². The Morgan fingerprint density at radius 1 is 1.40 bits per heavy atom. The molecule has 82 valence electrons. The minimum atomic E-state index is 0.749. The highest BCUT2D eigenvalue weighted by molar-refractivity contribution is 14.1. The number of alkyl halides is 1. The van der Waals surface area contributed by atoms with Crippen molar-refractivity contribution in [1.29, 1.82) is 0 Å². The van der Waals surface area contributed by atoms with E-state index < -0.39 is 0 Å². The van der Waals surface area contributed by atoms with Gasteiger partial charge in [-0.3, -0.25) is 0 Å². The van der Waals surface area contributed by atoms with Gasteiger partial charge in [-0.1, -0.05) is 22.6 Å². The van der Waals surface area contributed by atoms with Gasteiger partial charge in [-0.15, -0.1) is 0 Å². The van der Waals surface area contributed by atoms with Crippen LogP contribution in [0.4, 0.5) is 5.82 Å². The minimum absolute atomic E-state index is 0.749. The van der Waals surface area contributed by atoms with Gasteiger partial charge in [0.2, 0.25) is 0 Å². The lowest BCUT2D eigenvalue weighted by atomic mass is 10.3. The molecule has 1 unspecified atom stereocenters. The van der Waals surface area contributed by atoms with E-state index in [9.17, 15) is 0 Å². The largest absolute Gasteiger partial charge is 0.359 e. The molecule has 2 aliphatic rings. The molecule has 15 heavy (non-hydrogen) atoms. The fourth-order valence-corrected chi connectivity index (χ4v) is 3.09. The lowest BCUT2D eigenvalue weighted by molar-refractivity contribution is 0.596. The van der Waals surface area contributed by atoms with Gasteiger partial charge in [0.05, 0.1) is 5.69 Å². The molecular formula is C11H16IN3. The molecule has 1 aromatic rings. The second kappa shape index (κ2) is 3.64. The number of fused-ring (bicyclic) bond motifs is 1. The number of rotatable bonds is 1. The SMILES string of the molecule is CN1CC(I)CCn2nc(C3CC3)cc21. The van der Waals surface area contributed by atoms with E-state index in [1.54, 1.807) is 0 Å². The molecule has 1 fully saturated rings. The monoisotopic (exact) mass is 317 g/mol. The van der Waals surface area contributed by atoms with E-state index in [0.29, 0.717) is 0 Å². The molecule has 0 aromatic carbocycles. The second-order valence-corrected chi connectivity index (χ2v) is 6.45. The van der Waals surface area contributed by atoms with Crippen LogP contribution in [0, 0.1) is 0 Å². The summed E-state index contributed by atoms with van der Waals surface area (Å²) in [6, 6.07) is 2.30. The van der Waals surface area contributed by atoms with Crippen molar-refractivity contribution in [1.82, 2.24) is 9.78 Å². The van der Waals surface area contributed by atoms with Crippen LogP contribution in [-0.4, -0.2) is 27.3 Å². The molecule has 1 aromatic heterocycles. The summed E-state index contributed by atoms with van der Waals surface area (Å²) in [5, 5.41) is 4.73. The molecule has 0 N–H and O–H groups in total. The third-order valence-electron chi connectivity index (χ3n) is 3.29. The number of nitrogens with zero attached hydrogens (tertiary/aromatic N) is 3. The Hall–Kier alpha value is -0.260. The average Bonchev–Trinajstić information content (AvgIpc) is 2.96. The Morgan fingerprint density at radius 2 is 2.20 bits per heavy atom. The molecule has 1 atom stereocenters. The van der Waals surface area contributed by atoms with Gasteiger partial charge < -0.3 is 4.90 Å². The number of aromatic nitrogens is 2. The lowest BCUT2D eigenvalue weighted by Crippen LogP contribution is -2.24. The topological polar surface area (TPSA) is 21.1 Å². The minimum Gasteiger partial charge on any atom is -0.359 e. The Labute approximate surface area is 104 Å². The van der Waals surface area contributed by atoms with Gasteiger partial charge in [0.25, 0.3) is 0 Å². The molecule has 3 nitrogen and oxygen atoms in total. The quantitative estimate of drug-likeness (QED) is 0.586. The van der Waals surface area contributed by atoms with Gasteiger partial charge in [-0.25, -0.2) is 4.68 Å². The van der Waals surface area contributed by atoms with Crippen molar-refractivity contribution in [3.05, 3.63) is 11.8 Å². The predicted octanol–water partition coefficient (Wildman–Crippen LogP) is 2.40. The van der Waals surface area contributed by atoms with Crippen LogP contribution in [0.2, 0.25) is 0 Å². The van der Waals surface area contributed by atoms with Crippen LogP contribution in [0.5, 0.6) is 0 Å². The van der Waals surface area contributed by atoms with E-state index in [2.05, 4.69) is 45.3 Å². The van der Waals surface area contributed by atoms with Crippen molar-refractivity contribution in [2.45, 2.75) is 35.6 Å². The molecule has 3 rings (SSSR count). The van der Waals surface area contributed by atoms with Crippen LogP contribution in [0.1, 0.15) is 30.9 Å². The van der Waals surface area contributed by atoms with Gasteiger partial charge in [-0.05, 0) is 19.3 Å². The molecule has 4 heteroatoms. The highest BCUT2D eigenvalue weighted by Crippen LogP contribution is 2.40. The first-order valence-electron chi connectivity index (χ1n) is 5.67. The van der Waals surface area contributed by atoms with Crippen LogP contribution >= 0.6 is 22.6 Å². The number of halogens is 1. The fourth-order valence-electron chi connectivity index (χ4n) is 2.22. The molecule has 2 heterocycles. The van der Waals surface area contributed by atoms with E-state index in [-0.39, 0.29) is 0 Å². The van der Waals surface area contributed by atoms with Gasteiger partial charge >= 0.3 is 0 Å². The van der Waals surface area contributed by atoms with Crippen LogP contribution in [0.15, 0.2) is 6.07 Å². The Bertz CT molecular complexity index is 370. The molecule has 1 aliphatic heterocycles. The van der Waals surface area contributed by atoms with Crippen molar-refractivity contribution in [2.75, 3.05) is 18.5 Å². The van der Waals surface area contributed by atoms with Crippen LogP contribution in [-0.2, 0) is 6.54 Å². The summed E-state index contributed by atoms with van der Waals surface area (Å²) < 4.78 is 2.95. The Balaban J connectivity index is 1.92. The number of hydrogen-bond donors (Lipinski definition) is 0. The van der Waals surface area contributed by atoms with E-state index >= 15 is 0 Å². The summed E-state index contributed by atoms with van der Waals surface area (Å²) >= 11 is 2.54. The Morgan fingerprint density at radius 3 is 2.93 bits per heavy atom. The van der Waals surface area contributed by atoms with E-state index in [1.165, 1.54) is 30.8 Å². The van der Waals surface area contributed by atoms with Gasteiger partial charge in [-0.2, -0.15) is 5.10 Å². The van der Waals surface area contributed by atoms with E-state index in [4.69, 9.17) is 5.10 Å². The summed E-state index contributed by atoms with van der Waals surface area (Å²) in [6.07, 6.45) is 3.92. The molecule has 1 saturated carbocycles. The molecule has 0 saturated heterocycles. The smallest absolute Gasteiger partial charge is 0.126 e. The van der Waals surface area contributed by atoms with E-state index in [0.717, 1.165) is 22.9 Å². The summed E-state index contributed by atoms with van der Waals surface area (Å²) in [4.78, 5) is 2.35.